The van der Waals surface area contributed by atoms with E-state index in [0.717, 1.165) is 22.7 Å². The Morgan fingerprint density at radius 3 is 1.70 bits per heavy atom. The van der Waals surface area contributed by atoms with Crippen LogP contribution >= 0.6 is 0 Å². The zero-order chi connectivity index (χ0) is 35.7. The van der Waals surface area contributed by atoms with Crippen LogP contribution in [0.4, 0.5) is 17.1 Å². The van der Waals surface area contributed by atoms with Crippen molar-refractivity contribution in [2.24, 2.45) is 0 Å². The molecule has 11 aromatic rings. The Hall–Kier alpha value is -6.84. The van der Waals surface area contributed by atoms with Crippen molar-refractivity contribution in [1.82, 2.24) is 8.97 Å². The molecule has 0 aliphatic heterocycles. The van der Waals surface area contributed by atoms with Gasteiger partial charge in [0.25, 0.3) is 0 Å². The average molecular weight is 690 g/mol. The molecular formula is C51H35N3. The highest BCUT2D eigenvalue weighted by atomic mass is 15.1. The van der Waals surface area contributed by atoms with Gasteiger partial charge >= 0.3 is 0 Å². The predicted molar refractivity (Wildman–Crippen MR) is 228 cm³/mol. The molecule has 0 saturated heterocycles. The summed E-state index contributed by atoms with van der Waals surface area (Å²) < 4.78 is 4.85. The Bertz CT molecular complexity index is 3310. The van der Waals surface area contributed by atoms with Crippen molar-refractivity contribution < 1.29 is 0 Å². The first-order chi connectivity index (χ1) is 26.6. The molecule has 12 rings (SSSR count). The molecular weight excluding hydrogens is 655 g/mol. The molecule has 1 aliphatic rings. The Morgan fingerprint density at radius 2 is 0.907 bits per heavy atom. The number of hydrogen-bond acceptors (Lipinski definition) is 1. The van der Waals surface area contributed by atoms with Crippen molar-refractivity contribution >= 4 is 77.0 Å². The van der Waals surface area contributed by atoms with Gasteiger partial charge in [0.15, 0.2) is 0 Å². The van der Waals surface area contributed by atoms with Gasteiger partial charge in [0.2, 0.25) is 0 Å². The number of benzene rings is 8. The van der Waals surface area contributed by atoms with E-state index in [1.807, 2.05) is 0 Å². The third-order valence-electron chi connectivity index (χ3n) is 12.2. The van der Waals surface area contributed by atoms with E-state index in [0.29, 0.717) is 0 Å². The monoisotopic (exact) mass is 689 g/mol. The van der Waals surface area contributed by atoms with Crippen molar-refractivity contribution in [2.45, 2.75) is 19.3 Å². The second kappa shape index (κ2) is 10.6. The zero-order valence-electron chi connectivity index (χ0n) is 30.1. The highest BCUT2D eigenvalue weighted by molar-refractivity contribution is 6.23. The summed E-state index contributed by atoms with van der Waals surface area (Å²) in [5.74, 6) is 0. The lowest BCUT2D eigenvalue weighted by Crippen LogP contribution is -2.16. The second-order valence-corrected chi connectivity index (χ2v) is 15.4. The van der Waals surface area contributed by atoms with Crippen LogP contribution in [0, 0.1) is 0 Å². The molecule has 0 amide bonds. The quantitative estimate of drug-likeness (QED) is 0.179. The summed E-state index contributed by atoms with van der Waals surface area (Å²) in [7, 11) is 0. The summed E-state index contributed by atoms with van der Waals surface area (Å²) in [6.07, 6.45) is 0. The SMILES string of the molecule is CC1(C)c2ccccc2-c2ccc(N(c3ccc4c(c3)c3ccccc3n4-c3ccccc3)c3ccc4c(c3)c3cccc5c6ccccc6n4c53)cc21. The zero-order valence-corrected chi connectivity index (χ0v) is 30.1. The van der Waals surface area contributed by atoms with E-state index in [-0.39, 0.29) is 5.41 Å². The molecule has 0 saturated carbocycles. The Balaban J connectivity index is 1.13. The summed E-state index contributed by atoms with van der Waals surface area (Å²) in [5.41, 5.74) is 16.1. The number of hydrogen-bond donors (Lipinski definition) is 0. The highest BCUT2D eigenvalue weighted by Crippen LogP contribution is 2.51. The molecule has 0 fully saturated rings. The summed E-state index contributed by atoms with van der Waals surface area (Å²) in [6.45, 7) is 4.73. The molecule has 3 heteroatoms. The van der Waals surface area contributed by atoms with E-state index in [2.05, 4.69) is 204 Å². The van der Waals surface area contributed by atoms with Crippen molar-refractivity contribution in [2.75, 3.05) is 4.90 Å². The Kier molecular flexibility index (Phi) is 5.84. The highest BCUT2D eigenvalue weighted by Gasteiger charge is 2.36. The molecule has 1 aliphatic carbocycles. The molecule has 0 unspecified atom stereocenters. The van der Waals surface area contributed by atoms with E-state index in [1.54, 1.807) is 0 Å². The summed E-state index contributed by atoms with van der Waals surface area (Å²) in [4.78, 5) is 2.47. The van der Waals surface area contributed by atoms with Gasteiger partial charge in [-0.3, -0.25) is 0 Å². The Morgan fingerprint density at radius 1 is 0.389 bits per heavy atom. The molecule has 3 nitrogen and oxygen atoms in total. The lowest BCUT2D eigenvalue weighted by atomic mass is 9.82. The lowest BCUT2D eigenvalue weighted by Gasteiger charge is -2.28. The predicted octanol–water partition coefficient (Wildman–Crippen LogP) is 13.7. The number of rotatable bonds is 4. The maximum Gasteiger partial charge on any atom is 0.0620 e. The largest absolute Gasteiger partial charge is 0.310 e. The molecule has 0 spiro atoms. The second-order valence-electron chi connectivity index (χ2n) is 15.4. The van der Waals surface area contributed by atoms with Gasteiger partial charge in [-0.1, -0.05) is 117 Å². The molecule has 3 heterocycles. The molecule has 254 valence electrons. The molecule has 8 aromatic carbocycles. The van der Waals surface area contributed by atoms with Crippen LogP contribution in [-0.4, -0.2) is 8.97 Å². The molecule has 3 aromatic heterocycles. The maximum atomic E-state index is 2.47. The van der Waals surface area contributed by atoms with Crippen LogP contribution in [-0.2, 0) is 5.41 Å². The van der Waals surface area contributed by atoms with E-state index < -0.39 is 0 Å². The van der Waals surface area contributed by atoms with E-state index in [1.165, 1.54) is 82.2 Å². The van der Waals surface area contributed by atoms with Crippen LogP contribution in [0.5, 0.6) is 0 Å². The molecule has 54 heavy (non-hydrogen) atoms. The maximum absolute atomic E-state index is 2.47. The van der Waals surface area contributed by atoms with E-state index in [9.17, 15) is 0 Å². The van der Waals surface area contributed by atoms with Gasteiger partial charge in [0.1, 0.15) is 0 Å². The average Bonchev–Trinajstić information content (AvgIpc) is 3.91. The van der Waals surface area contributed by atoms with Gasteiger partial charge < -0.3 is 13.9 Å². The van der Waals surface area contributed by atoms with Gasteiger partial charge in [-0.05, 0) is 95.1 Å². The van der Waals surface area contributed by atoms with Gasteiger partial charge in [-0.25, -0.2) is 0 Å². The van der Waals surface area contributed by atoms with Gasteiger partial charge in [-0.15, -0.1) is 0 Å². The van der Waals surface area contributed by atoms with Crippen molar-refractivity contribution in [3.05, 3.63) is 187 Å². The van der Waals surface area contributed by atoms with Crippen LogP contribution < -0.4 is 4.90 Å². The fourth-order valence-corrected chi connectivity index (χ4v) is 9.79. The van der Waals surface area contributed by atoms with E-state index >= 15 is 0 Å². The molecule has 0 N–H and O–H groups in total. The number of fused-ring (bicyclic) bond motifs is 12. The minimum absolute atomic E-state index is 0.112. The van der Waals surface area contributed by atoms with Crippen LogP contribution in [0.25, 0.3) is 76.7 Å². The van der Waals surface area contributed by atoms with Gasteiger partial charge in [-0.2, -0.15) is 0 Å². The number of anilines is 3. The third kappa shape index (κ3) is 3.85. The number of para-hydroxylation sites is 4. The number of nitrogens with zero attached hydrogens (tertiary/aromatic N) is 3. The van der Waals surface area contributed by atoms with Gasteiger partial charge in [0, 0.05) is 60.5 Å². The fourth-order valence-electron chi connectivity index (χ4n) is 9.79. The van der Waals surface area contributed by atoms with Crippen molar-refractivity contribution in [3.8, 4) is 16.8 Å². The lowest BCUT2D eigenvalue weighted by molar-refractivity contribution is 0.660. The van der Waals surface area contributed by atoms with Crippen LogP contribution in [0.1, 0.15) is 25.0 Å². The normalized spacial score (nSPS) is 13.5. The topological polar surface area (TPSA) is 12.6 Å². The first-order valence-corrected chi connectivity index (χ1v) is 18.9. The molecule has 0 radical (unpaired) electrons. The van der Waals surface area contributed by atoms with Gasteiger partial charge in [0.05, 0.1) is 27.6 Å². The Labute approximate surface area is 312 Å². The smallest absolute Gasteiger partial charge is 0.0620 e. The van der Waals surface area contributed by atoms with Crippen molar-refractivity contribution in [1.29, 1.82) is 0 Å². The van der Waals surface area contributed by atoms with Crippen LogP contribution in [0.15, 0.2) is 176 Å². The first kappa shape index (κ1) is 29.7. The number of aromatic nitrogens is 2. The van der Waals surface area contributed by atoms with E-state index in [4.69, 9.17) is 0 Å². The van der Waals surface area contributed by atoms with Crippen LogP contribution in [0.3, 0.4) is 0 Å². The minimum atomic E-state index is -0.112. The molecule has 0 atom stereocenters. The van der Waals surface area contributed by atoms with Crippen LogP contribution in [0.2, 0.25) is 0 Å². The standard InChI is InChI=1S/C51H35N3/c1-51(2)44-20-9-6-15-36(44)37-26-23-35(31-45(37)51)52(33-24-27-48-42(29-33)39-17-8-10-21-46(39)53(48)32-13-4-3-5-14-32)34-25-28-49-43(30-34)41-19-12-18-40-38-16-7-11-22-47(38)54(49)50(40)41/h3-31H,1-2H3. The summed E-state index contributed by atoms with van der Waals surface area (Å²) in [6, 6.07) is 65.1. The first-order valence-electron chi connectivity index (χ1n) is 18.9. The fraction of sp³-hybridized carbons (Fsp3) is 0.0588. The minimum Gasteiger partial charge on any atom is -0.310 e. The summed E-state index contributed by atoms with van der Waals surface area (Å²) in [5, 5.41) is 7.63. The third-order valence-corrected chi connectivity index (χ3v) is 12.2. The summed E-state index contributed by atoms with van der Waals surface area (Å²) >= 11 is 0. The van der Waals surface area contributed by atoms with Crippen molar-refractivity contribution in [3.63, 3.8) is 0 Å². The molecule has 0 bridgehead atoms.